The van der Waals surface area contributed by atoms with Gasteiger partial charge in [-0.1, -0.05) is 18.2 Å². The molecule has 0 saturated heterocycles. The number of aryl methyl sites for hydroxylation is 1. The van der Waals surface area contributed by atoms with E-state index < -0.39 is 0 Å². The van der Waals surface area contributed by atoms with Crippen LogP contribution in [-0.4, -0.2) is 47.9 Å². The summed E-state index contributed by atoms with van der Waals surface area (Å²) in [6.45, 7) is 2.39. The molecule has 0 amide bonds. The van der Waals surface area contributed by atoms with E-state index in [1.165, 1.54) is 0 Å². The molecule has 0 saturated carbocycles. The van der Waals surface area contributed by atoms with Gasteiger partial charge in [-0.2, -0.15) is 10.2 Å². The van der Waals surface area contributed by atoms with Gasteiger partial charge in [-0.05, 0) is 33.2 Å². The number of benzene rings is 1. The van der Waals surface area contributed by atoms with Crippen molar-refractivity contribution >= 4 is 27.6 Å². The predicted octanol–water partition coefficient (Wildman–Crippen LogP) is 2.21. The van der Waals surface area contributed by atoms with Crippen LogP contribution in [0.4, 0.5) is 0 Å². The van der Waals surface area contributed by atoms with Crippen molar-refractivity contribution in [3.63, 3.8) is 0 Å². The van der Waals surface area contributed by atoms with E-state index >= 15 is 0 Å². The van der Waals surface area contributed by atoms with E-state index in [-0.39, 0.29) is 5.56 Å². The normalized spacial score (nSPS) is 12.0. The van der Waals surface area contributed by atoms with E-state index in [9.17, 15) is 4.79 Å². The molecule has 140 valence electrons. The van der Waals surface area contributed by atoms with E-state index in [4.69, 9.17) is 0 Å². The number of hydrogen-bond acceptors (Lipinski definition) is 5. The Bertz CT molecular complexity index is 1390. The second-order valence-corrected chi connectivity index (χ2v) is 7.16. The minimum absolute atomic E-state index is 0.0852. The standard InChI is InChI=1S/C20H19N7O/c1-13-9-17-25(12-24(2)3)20(28)16-10-21-19-15(18(16)27(17)23-13)11-22-26(19)14-7-5-4-6-8-14/h4-11H,12H2,1-3H3. The summed E-state index contributed by atoms with van der Waals surface area (Å²) in [6, 6.07) is 11.7. The van der Waals surface area contributed by atoms with Gasteiger partial charge in [0, 0.05) is 12.3 Å². The summed E-state index contributed by atoms with van der Waals surface area (Å²) in [4.78, 5) is 19.8. The van der Waals surface area contributed by atoms with E-state index in [1.807, 2.05) is 66.8 Å². The fourth-order valence-electron chi connectivity index (χ4n) is 3.62. The molecule has 0 spiro atoms. The van der Waals surface area contributed by atoms with Gasteiger partial charge >= 0.3 is 0 Å². The summed E-state index contributed by atoms with van der Waals surface area (Å²) in [5.41, 5.74) is 3.85. The Morgan fingerprint density at radius 1 is 1.07 bits per heavy atom. The van der Waals surface area contributed by atoms with Crippen molar-refractivity contribution in [2.45, 2.75) is 13.6 Å². The lowest BCUT2D eigenvalue weighted by Crippen LogP contribution is -2.29. The number of para-hydroxylation sites is 1. The van der Waals surface area contributed by atoms with Crippen LogP contribution in [0.1, 0.15) is 5.69 Å². The maximum absolute atomic E-state index is 13.2. The largest absolute Gasteiger partial charge is 0.292 e. The van der Waals surface area contributed by atoms with Crippen molar-refractivity contribution < 1.29 is 0 Å². The highest BCUT2D eigenvalue weighted by Gasteiger charge is 2.18. The molecular formula is C20H19N7O. The first-order valence-electron chi connectivity index (χ1n) is 9.00. The van der Waals surface area contributed by atoms with Crippen LogP contribution in [0.25, 0.3) is 33.3 Å². The Labute approximate surface area is 160 Å². The van der Waals surface area contributed by atoms with Crippen molar-refractivity contribution in [1.29, 1.82) is 0 Å². The molecule has 0 N–H and O–H groups in total. The second kappa shape index (κ2) is 6.00. The molecule has 0 atom stereocenters. The van der Waals surface area contributed by atoms with E-state index in [0.29, 0.717) is 17.7 Å². The van der Waals surface area contributed by atoms with Crippen molar-refractivity contribution in [3.8, 4) is 5.69 Å². The third-order valence-electron chi connectivity index (χ3n) is 4.77. The molecule has 0 unspecified atom stereocenters. The van der Waals surface area contributed by atoms with Crippen LogP contribution < -0.4 is 5.56 Å². The molecule has 0 aliphatic carbocycles. The molecule has 4 heterocycles. The number of nitrogens with zero attached hydrogens (tertiary/aromatic N) is 7. The van der Waals surface area contributed by atoms with Crippen molar-refractivity contribution in [2.75, 3.05) is 14.1 Å². The lowest BCUT2D eigenvalue weighted by Gasteiger charge is -2.15. The molecule has 5 rings (SSSR count). The molecule has 1 aromatic carbocycles. The summed E-state index contributed by atoms with van der Waals surface area (Å²) < 4.78 is 5.33. The third kappa shape index (κ3) is 2.35. The first kappa shape index (κ1) is 16.6. The zero-order valence-corrected chi connectivity index (χ0v) is 15.9. The lowest BCUT2D eigenvalue weighted by molar-refractivity contribution is 0.326. The molecule has 8 nitrogen and oxygen atoms in total. The third-order valence-corrected chi connectivity index (χ3v) is 4.77. The average molecular weight is 373 g/mol. The van der Waals surface area contributed by atoms with Gasteiger partial charge < -0.3 is 0 Å². The van der Waals surface area contributed by atoms with E-state index in [0.717, 1.165) is 27.9 Å². The zero-order valence-electron chi connectivity index (χ0n) is 15.9. The summed E-state index contributed by atoms with van der Waals surface area (Å²) in [7, 11) is 3.86. The van der Waals surface area contributed by atoms with Crippen LogP contribution in [0.3, 0.4) is 0 Å². The summed E-state index contributed by atoms with van der Waals surface area (Å²) >= 11 is 0. The van der Waals surface area contributed by atoms with Crippen LogP contribution >= 0.6 is 0 Å². The lowest BCUT2D eigenvalue weighted by atomic mass is 10.2. The van der Waals surface area contributed by atoms with Crippen LogP contribution in [0.2, 0.25) is 0 Å². The summed E-state index contributed by atoms with van der Waals surface area (Å²) in [5, 5.41) is 10.5. The molecule has 0 bridgehead atoms. The first-order valence-corrected chi connectivity index (χ1v) is 9.00. The molecule has 5 aromatic rings. The number of aromatic nitrogens is 6. The fraction of sp³-hybridized carbons (Fsp3) is 0.200. The van der Waals surface area contributed by atoms with Gasteiger partial charge in [0.1, 0.15) is 5.65 Å². The van der Waals surface area contributed by atoms with Crippen LogP contribution in [0, 0.1) is 6.92 Å². The molecule has 0 fully saturated rings. The van der Waals surface area contributed by atoms with E-state index in [1.54, 1.807) is 21.6 Å². The Balaban J connectivity index is 1.92. The second-order valence-electron chi connectivity index (χ2n) is 7.16. The summed E-state index contributed by atoms with van der Waals surface area (Å²) in [5.74, 6) is 0. The average Bonchev–Trinajstić information content (AvgIpc) is 3.28. The minimum atomic E-state index is -0.0852. The molecule has 4 aromatic heterocycles. The van der Waals surface area contributed by atoms with Crippen LogP contribution in [-0.2, 0) is 6.67 Å². The van der Waals surface area contributed by atoms with Crippen LogP contribution in [0.5, 0.6) is 0 Å². The predicted molar refractivity (Wildman–Crippen MR) is 108 cm³/mol. The van der Waals surface area contributed by atoms with Crippen molar-refractivity contribution in [2.24, 2.45) is 0 Å². The summed E-state index contributed by atoms with van der Waals surface area (Å²) in [6.07, 6.45) is 3.38. The first-order chi connectivity index (χ1) is 13.5. The Morgan fingerprint density at radius 2 is 1.86 bits per heavy atom. The highest BCUT2D eigenvalue weighted by Crippen LogP contribution is 2.24. The Kier molecular flexibility index (Phi) is 3.56. The van der Waals surface area contributed by atoms with Gasteiger partial charge in [0.05, 0.1) is 40.5 Å². The monoisotopic (exact) mass is 373 g/mol. The molecule has 0 radical (unpaired) electrons. The molecular weight excluding hydrogens is 354 g/mol. The number of pyridine rings is 1. The molecule has 28 heavy (non-hydrogen) atoms. The Hall–Kier alpha value is -3.52. The van der Waals surface area contributed by atoms with Crippen molar-refractivity contribution in [1.82, 2.24) is 33.8 Å². The maximum Gasteiger partial charge on any atom is 0.264 e. The maximum atomic E-state index is 13.2. The van der Waals surface area contributed by atoms with Gasteiger partial charge in [-0.3, -0.25) is 14.3 Å². The van der Waals surface area contributed by atoms with Crippen LogP contribution in [0.15, 0.2) is 53.6 Å². The smallest absolute Gasteiger partial charge is 0.264 e. The van der Waals surface area contributed by atoms with Gasteiger partial charge in [0.15, 0.2) is 5.65 Å². The number of rotatable bonds is 3. The van der Waals surface area contributed by atoms with Crippen molar-refractivity contribution in [3.05, 3.63) is 64.8 Å². The molecule has 0 aliphatic rings. The molecule has 0 aliphatic heterocycles. The fourth-order valence-corrected chi connectivity index (χ4v) is 3.62. The zero-order chi connectivity index (χ0) is 19.4. The Morgan fingerprint density at radius 3 is 2.61 bits per heavy atom. The van der Waals surface area contributed by atoms with E-state index in [2.05, 4.69) is 15.2 Å². The number of fused-ring (bicyclic) bond motifs is 5. The SMILES string of the molecule is Cc1cc2n(CN(C)C)c(=O)c3cnc4c(cnn4-c4ccccc4)c3n2n1. The minimum Gasteiger partial charge on any atom is -0.292 e. The topological polar surface area (TPSA) is 73.2 Å². The van der Waals surface area contributed by atoms with Gasteiger partial charge in [0.2, 0.25) is 0 Å². The van der Waals surface area contributed by atoms with Gasteiger partial charge in [-0.15, -0.1) is 0 Å². The highest BCUT2D eigenvalue weighted by atomic mass is 16.1. The van der Waals surface area contributed by atoms with Gasteiger partial charge in [-0.25, -0.2) is 14.2 Å². The number of hydrogen-bond donors (Lipinski definition) is 0. The highest BCUT2D eigenvalue weighted by molar-refractivity contribution is 6.02. The molecule has 8 heteroatoms. The van der Waals surface area contributed by atoms with Gasteiger partial charge in [0.25, 0.3) is 5.56 Å². The quantitative estimate of drug-likeness (QED) is 0.485.